The largest absolute Gasteiger partial charge is 0.494 e. The number of carbonyl (C=O) groups excluding carboxylic acids is 2. The van der Waals surface area contributed by atoms with Crippen LogP contribution in [0.5, 0.6) is 5.75 Å². The SMILES string of the molecule is CCOc1ccc(/C=C2\SC(=S)N(CC(=O)NNc3ccccc3)C2=O)cc1. The van der Waals surface area contributed by atoms with Gasteiger partial charge in [0.2, 0.25) is 0 Å². The van der Waals surface area contributed by atoms with Crippen molar-refractivity contribution in [1.82, 2.24) is 10.3 Å². The first kappa shape index (κ1) is 19.9. The normalized spacial score (nSPS) is 15.0. The Morgan fingerprint density at radius 1 is 1.18 bits per heavy atom. The Morgan fingerprint density at radius 3 is 2.57 bits per heavy atom. The van der Waals surface area contributed by atoms with Crippen LogP contribution >= 0.6 is 24.0 Å². The first-order valence-electron chi connectivity index (χ1n) is 8.65. The molecule has 1 saturated heterocycles. The van der Waals surface area contributed by atoms with Crippen LogP contribution in [0.4, 0.5) is 5.69 Å². The van der Waals surface area contributed by atoms with Gasteiger partial charge in [-0.15, -0.1) is 0 Å². The molecule has 3 rings (SSSR count). The molecule has 0 radical (unpaired) electrons. The van der Waals surface area contributed by atoms with Crippen LogP contribution in [0.2, 0.25) is 0 Å². The number of nitrogens with one attached hydrogen (secondary N) is 2. The number of ether oxygens (including phenoxy) is 1. The van der Waals surface area contributed by atoms with Gasteiger partial charge in [0.1, 0.15) is 16.6 Å². The third kappa shape index (κ3) is 5.11. The van der Waals surface area contributed by atoms with Crippen molar-refractivity contribution in [3.05, 3.63) is 65.1 Å². The molecular formula is C20H19N3O3S2. The number of amides is 2. The van der Waals surface area contributed by atoms with Crippen molar-refractivity contribution in [2.75, 3.05) is 18.6 Å². The Kier molecular flexibility index (Phi) is 6.67. The Bertz CT molecular complexity index is 899. The summed E-state index contributed by atoms with van der Waals surface area (Å²) < 4.78 is 5.77. The van der Waals surface area contributed by atoms with Crippen molar-refractivity contribution in [3.63, 3.8) is 0 Å². The number of rotatable bonds is 7. The Balaban J connectivity index is 1.60. The average molecular weight is 414 g/mol. The third-order valence-electron chi connectivity index (χ3n) is 3.78. The maximum atomic E-state index is 12.6. The molecule has 0 saturated carbocycles. The van der Waals surface area contributed by atoms with Crippen LogP contribution in [-0.2, 0) is 9.59 Å². The van der Waals surface area contributed by atoms with Gasteiger partial charge in [-0.1, -0.05) is 54.3 Å². The van der Waals surface area contributed by atoms with Crippen LogP contribution in [0.1, 0.15) is 12.5 Å². The lowest BCUT2D eigenvalue weighted by molar-refractivity contribution is -0.128. The van der Waals surface area contributed by atoms with Crippen LogP contribution in [0, 0.1) is 0 Å². The van der Waals surface area contributed by atoms with Crippen molar-refractivity contribution in [2.24, 2.45) is 0 Å². The molecule has 28 heavy (non-hydrogen) atoms. The summed E-state index contributed by atoms with van der Waals surface area (Å²) in [6.45, 7) is 2.37. The highest BCUT2D eigenvalue weighted by Gasteiger charge is 2.33. The molecule has 0 unspecified atom stereocenters. The maximum absolute atomic E-state index is 12.6. The lowest BCUT2D eigenvalue weighted by atomic mass is 10.2. The van der Waals surface area contributed by atoms with E-state index >= 15 is 0 Å². The van der Waals surface area contributed by atoms with Gasteiger partial charge in [-0.3, -0.25) is 25.3 Å². The van der Waals surface area contributed by atoms with Gasteiger partial charge in [0, 0.05) is 0 Å². The van der Waals surface area contributed by atoms with Crippen molar-refractivity contribution < 1.29 is 14.3 Å². The number of thioether (sulfide) groups is 1. The number of nitrogens with zero attached hydrogens (tertiary/aromatic N) is 1. The minimum Gasteiger partial charge on any atom is -0.494 e. The summed E-state index contributed by atoms with van der Waals surface area (Å²) in [6, 6.07) is 16.6. The number of carbonyl (C=O) groups is 2. The first-order chi connectivity index (χ1) is 13.6. The molecule has 1 heterocycles. The zero-order valence-electron chi connectivity index (χ0n) is 15.2. The van der Waals surface area contributed by atoms with E-state index in [1.165, 1.54) is 16.7 Å². The second kappa shape index (κ2) is 9.38. The van der Waals surface area contributed by atoms with E-state index in [-0.39, 0.29) is 18.4 Å². The molecule has 0 aliphatic carbocycles. The highest BCUT2D eigenvalue weighted by atomic mass is 32.2. The topological polar surface area (TPSA) is 70.7 Å². The lowest BCUT2D eigenvalue weighted by Crippen LogP contribution is -2.41. The summed E-state index contributed by atoms with van der Waals surface area (Å²) in [7, 11) is 0. The van der Waals surface area contributed by atoms with Gasteiger partial charge in [0.25, 0.3) is 11.8 Å². The highest BCUT2D eigenvalue weighted by molar-refractivity contribution is 8.26. The standard InChI is InChI=1S/C20H19N3O3S2/c1-2-26-16-10-8-14(9-11-16)12-17-19(25)23(20(27)28-17)13-18(24)22-21-15-6-4-3-5-7-15/h3-12,21H,2,13H2,1H3,(H,22,24)/b17-12-. The van der Waals surface area contributed by atoms with E-state index in [4.69, 9.17) is 17.0 Å². The molecular weight excluding hydrogens is 394 g/mol. The maximum Gasteiger partial charge on any atom is 0.266 e. The van der Waals surface area contributed by atoms with Gasteiger partial charge < -0.3 is 4.74 Å². The monoisotopic (exact) mass is 413 g/mol. The van der Waals surface area contributed by atoms with Crippen LogP contribution in [0.15, 0.2) is 59.5 Å². The molecule has 6 nitrogen and oxygen atoms in total. The molecule has 1 aliphatic rings. The lowest BCUT2D eigenvalue weighted by Gasteiger charge is -2.15. The summed E-state index contributed by atoms with van der Waals surface area (Å²) in [4.78, 5) is 26.6. The van der Waals surface area contributed by atoms with Gasteiger partial charge >= 0.3 is 0 Å². The number of benzene rings is 2. The van der Waals surface area contributed by atoms with Gasteiger partial charge in [0.05, 0.1) is 17.2 Å². The number of para-hydroxylation sites is 1. The summed E-state index contributed by atoms with van der Waals surface area (Å²) in [6.07, 6.45) is 1.76. The predicted octanol–water partition coefficient (Wildman–Crippen LogP) is 3.43. The molecule has 2 aromatic rings. The van der Waals surface area contributed by atoms with Crippen molar-refractivity contribution in [2.45, 2.75) is 6.92 Å². The van der Waals surface area contributed by atoms with Crippen LogP contribution in [0.25, 0.3) is 6.08 Å². The fourth-order valence-electron chi connectivity index (χ4n) is 2.46. The predicted molar refractivity (Wildman–Crippen MR) is 116 cm³/mol. The minimum absolute atomic E-state index is 0.148. The molecule has 144 valence electrons. The number of anilines is 1. The fraction of sp³-hybridized carbons (Fsp3) is 0.150. The molecule has 1 aliphatic heterocycles. The molecule has 2 amide bonds. The number of hydrazine groups is 1. The van der Waals surface area contributed by atoms with Crippen molar-refractivity contribution >= 4 is 51.9 Å². The Labute approximate surface area is 172 Å². The molecule has 8 heteroatoms. The fourth-order valence-corrected chi connectivity index (χ4v) is 3.72. The summed E-state index contributed by atoms with van der Waals surface area (Å²) in [5, 5.41) is 0. The van der Waals surface area contributed by atoms with E-state index in [1.54, 1.807) is 6.08 Å². The molecule has 1 fully saturated rings. The van der Waals surface area contributed by atoms with E-state index < -0.39 is 0 Å². The molecule has 2 aromatic carbocycles. The van der Waals surface area contributed by atoms with Gasteiger partial charge in [-0.25, -0.2) is 0 Å². The number of hydrogen-bond donors (Lipinski definition) is 2. The zero-order valence-corrected chi connectivity index (χ0v) is 16.8. The molecule has 2 N–H and O–H groups in total. The number of hydrogen-bond acceptors (Lipinski definition) is 6. The highest BCUT2D eigenvalue weighted by Crippen LogP contribution is 2.32. The van der Waals surface area contributed by atoms with Crippen LogP contribution in [-0.4, -0.2) is 34.2 Å². The second-order valence-electron chi connectivity index (χ2n) is 5.81. The Morgan fingerprint density at radius 2 is 1.89 bits per heavy atom. The summed E-state index contributed by atoms with van der Waals surface area (Å²) in [5.74, 6) is 0.135. The molecule has 0 spiro atoms. The van der Waals surface area contributed by atoms with Crippen LogP contribution < -0.4 is 15.6 Å². The van der Waals surface area contributed by atoms with E-state index in [0.717, 1.165) is 17.0 Å². The van der Waals surface area contributed by atoms with E-state index in [9.17, 15) is 9.59 Å². The van der Waals surface area contributed by atoms with Crippen molar-refractivity contribution in [3.8, 4) is 5.75 Å². The number of thiocarbonyl (C=S) groups is 1. The van der Waals surface area contributed by atoms with Crippen molar-refractivity contribution in [1.29, 1.82) is 0 Å². The zero-order chi connectivity index (χ0) is 19.9. The van der Waals surface area contributed by atoms with Gasteiger partial charge in [-0.05, 0) is 42.8 Å². The summed E-state index contributed by atoms with van der Waals surface area (Å²) >= 11 is 6.45. The van der Waals surface area contributed by atoms with Gasteiger partial charge in [-0.2, -0.15) is 0 Å². The Hall–Kier alpha value is -2.84. The van der Waals surface area contributed by atoms with Crippen LogP contribution in [0.3, 0.4) is 0 Å². The smallest absolute Gasteiger partial charge is 0.266 e. The van der Waals surface area contributed by atoms with Gasteiger partial charge in [0.15, 0.2) is 0 Å². The first-order valence-corrected chi connectivity index (χ1v) is 9.87. The van der Waals surface area contributed by atoms with E-state index in [0.29, 0.717) is 15.8 Å². The molecule has 0 atom stereocenters. The van der Waals surface area contributed by atoms with E-state index in [2.05, 4.69) is 10.9 Å². The second-order valence-corrected chi connectivity index (χ2v) is 7.48. The van der Waals surface area contributed by atoms with E-state index in [1.807, 2.05) is 61.5 Å². The quantitative estimate of drug-likeness (QED) is 0.412. The third-order valence-corrected chi connectivity index (χ3v) is 5.16. The summed E-state index contributed by atoms with van der Waals surface area (Å²) in [5.41, 5.74) is 6.97. The minimum atomic E-state index is -0.359. The molecule has 0 bridgehead atoms. The molecule has 0 aromatic heterocycles. The average Bonchev–Trinajstić information content (AvgIpc) is 2.96.